The van der Waals surface area contributed by atoms with E-state index in [0.29, 0.717) is 6.42 Å². The largest absolute Gasteiger partial charge is 0.346 e. The number of amides is 1. The van der Waals surface area contributed by atoms with Crippen LogP contribution in [0.25, 0.3) is 0 Å². The first-order valence-corrected chi connectivity index (χ1v) is 7.24. The second kappa shape index (κ2) is 6.51. The van der Waals surface area contributed by atoms with Gasteiger partial charge in [-0.3, -0.25) is 9.89 Å². The highest BCUT2D eigenvalue weighted by Gasteiger charge is 2.19. The number of hydrogen-bond donors (Lipinski definition) is 2. The number of carbonyl (C=O) groups is 1. The van der Waals surface area contributed by atoms with Crippen molar-refractivity contribution in [1.82, 2.24) is 30.3 Å². The molecule has 0 radical (unpaired) electrons. The van der Waals surface area contributed by atoms with Crippen LogP contribution < -0.4 is 5.32 Å². The van der Waals surface area contributed by atoms with Crippen LogP contribution in [-0.2, 0) is 17.8 Å². The van der Waals surface area contributed by atoms with Gasteiger partial charge in [-0.15, -0.1) is 0 Å². The van der Waals surface area contributed by atoms with Gasteiger partial charge >= 0.3 is 0 Å². The van der Waals surface area contributed by atoms with Crippen LogP contribution in [0.5, 0.6) is 0 Å². The summed E-state index contributed by atoms with van der Waals surface area (Å²) in [5.41, 5.74) is 2.76. The highest BCUT2D eigenvalue weighted by atomic mass is 16.1. The van der Waals surface area contributed by atoms with Crippen LogP contribution in [0.4, 0.5) is 0 Å². The Balaban J connectivity index is 2.07. The molecule has 2 aromatic rings. The summed E-state index contributed by atoms with van der Waals surface area (Å²) in [6.45, 7) is 8.59. The maximum atomic E-state index is 12.3. The molecule has 2 heterocycles. The molecule has 7 heteroatoms. The zero-order valence-corrected chi connectivity index (χ0v) is 13.0. The summed E-state index contributed by atoms with van der Waals surface area (Å²) in [6, 6.07) is -0.118. The van der Waals surface area contributed by atoms with E-state index in [0.717, 1.165) is 35.7 Å². The highest BCUT2D eigenvalue weighted by Crippen LogP contribution is 2.15. The molecule has 2 aromatic heterocycles. The summed E-state index contributed by atoms with van der Waals surface area (Å²) in [7, 11) is 0. The van der Waals surface area contributed by atoms with Gasteiger partial charge in [0, 0.05) is 17.8 Å². The van der Waals surface area contributed by atoms with E-state index in [1.165, 1.54) is 6.33 Å². The number of hydrogen-bond acceptors (Lipinski definition) is 4. The first kappa shape index (κ1) is 15.2. The number of carbonyl (C=O) groups excluding carboxylic acids is 1. The molecule has 0 bridgehead atoms. The number of nitrogens with zero attached hydrogens (tertiary/aromatic N) is 4. The first-order chi connectivity index (χ1) is 10.1. The van der Waals surface area contributed by atoms with Crippen molar-refractivity contribution in [2.75, 3.05) is 0 Å². The third-order valence-electron chi connectivity index (χ3n) is 3.62. The molecule has 0 aromatic carbocycles. The number of rotatable bonds is 6. The van der Waals surface area contributed by atoms with Crippen molar-refractivity contribution in [3.8, 4) is 0 Å². The van der Waals surface area contributed by atoms with Gasteiger partial charge in [-0.25, -0.2) is 9.67 Å². The number of nitrogens with one attached hydrogen (secondary N) is 2. The van der Waals surface area contributed by atoms with Crippen LogP contribution in [-0.4, -0.2) is 30.9 Å². The topological polar surface area (TPSA) is 88.5 Å². The number of aromatic nitrogens is 5. The quantitative estimate of drug-likeness (QED) is 0.842. The minimum absolute atomic E-state index is 0.0277. The lowest BCUT2D eigenvalue weighted by atomic mass is 10.1. The van der Waals surface area contributed by atoms with Crippen LogP contribution in [0, 0.1) is 13.8 Å². The zero-order valence-electron chi connectivity index (χ0n) is 13.0. The van der Waals surface area contributed by atoms with Crippen LogP contribution in [0.3, 0.4) is 0 Å². The molecule has 1 atom stereocenters. The molecule has 0 aliphatic heterocycles. The molecule has 7 nitrogen and oxygen atoms in total. The molecule has 2 N–H and O–H groups in total. The first-order valence-electron chi connectivity index (χ1n) is 7.24. The second-order valence-corrected chi connectivity index (χ2v) is 5.05. The zero-order chi connectivity index (χ0) is 15.4. The summed E-state index contributed by atoms with van der Waals surface area (Å²) >= 11 is 0. The number of aryl methyl sites for hydroxylation is 3. The highest BCUT2D eigenvalue weighted by molar-refractivity contribution is 5.79. The standard InChI is InChI=1S/C14H22N6O/c1-5-12(14-15-8-16-20(14)6-2)17-13(21)7-11-9(3)18-19-10(11)4/h8,12H,5-7H2,1-4H3,(H,17,21)(H,18,19). The molecule has 1 unspecified atom stereocenters. The third kappa shape index (κ3) is 3.29. The van der Waals surface area contributed by atoms with E-state index in [-0.39, 0.29) is 11.9 Å². The van der Waals surface area contributed by atoms with Crippen LogP contribution >= 0.6 is 0 Å². The summed E-state index contributed by atoms with van der Waals surface area (Å²) in [6.07, 6.45) is 2.62. The summed E-state index contributed by atoms with van der Waals surface area (Å²) in [5.74, 6) is 0.772. The molecule has 0 fully saturated rings. The lowest BCUT2D eigenvalue weighted by molar-refractivity contribution is -0.121. The van der Waals surface area contributed by atoms with Gasteiger partial charge in [0.2, 0.25) is 5.91 Å². The van der Waals surface area contributed by atoms with E-state index in [2.05, 4.69) is 25.6 Å². The van der Waals surface area contributed by atoms with Gasteiger partial charge in [-0.1, -0.05) is 6.92 Å². The summed E-state index contributed by atoms with van der Waals surface area (Å²) in [5, 5.41) is 14.2. The second-order valence-electron chi connectivity index (χ2n) is 5.05. The molecule has 0 aliphatic rings. The van der Waals surface area contributed by atoms with Gasteiger partial charge in [0.05, 0.1) is 18.2 Å². The smallest absolute Gasteiger partial charge is 0.225 e. The lowest BCUT2D eigenvalue weighted by Crippen LogP contribution is -2.31. The van der Waals surface area contributed by atoms with Crippen molar-refractivity contribution in [1.29, 1.82) is 0 Å². The Labute approximate surface area is 124 Å². The number of H-pyrrole nitrogens is 1. The molecule has 0 spiro atoms. The Hall–Kier alpha value is -2.18. The fourth-order valence-electron chi connectivity index (χ4n) is 2.38. The van der Waals surface area contributed by atoms with Crippen LogP contribution in [0.15, 0.2) is 6.33 Å². The predicted molar refractivity (Wildman–Crippen MR) is 78.6 cm³/mol. The maximum absolute atomic E-state index is 12.3. The third-order valence-corrected chi connectivity index (χ3v) is 3.62. The molecule has 2 rings (SSSR count). The van der Waals surface area contributed by atoms with Crippen LogP contribution in [0.1, 0.15) is 49.1 Å². The van der Waals surface area contributed by atoms with E-state index in [1.807, 2.05) is 32.4 Å². The molecular formula is C14H22N6O. The van der Waals surface area contributed by atoms with E-state index in [1.54, 1.807) is 0 Å². The Morgan fingerprint density at radius 1 is 1.43 bits per heavy atom. The average Bonchev–Trinajstić information content (AvgIpc) is 3.06. The average molecular weight is 290 g/mol. The Morgan fingerprint density at radius 2 is 2.19 bits per heavy atom. The van der Waals surface area contributed by atoms with Crippen molar-refractivity contribution < 1.29 is 4.79 Å². The van der Waals surface area contributed by atoms with E-state index < -0.39 is 0 Å². The molecule has 21 heavy (non-hydrogen) atoms. The Kier molecular flexibility index (Phi) is 4.72. The number of aromatic amines is 1. The maximum Gasteiger partial charge on any atom is 0.225 e. The van der Waals surface area contributed by atoms with Crippen molar-refractivity contribution in [3.05, 3.63) is 29.1 Å². The Bertz CT molecular complexity index is 595. The molecule has 0 saturated heterocycles. The fourth-order valence-corrected chi connectivity index (χ4v) is 2.38. The molecule has 0 saturated carbocycles. The SMILES string of the molecule is CCC(NC(=O)Cc1c(C)n[nH]c1C)c1ncnn1CC. The van der Waals surface area contributed by atoms with Gasteiger partial charge in [-0.2, -0.15) is 10.2 Å². The van der Waals surface area contributed by atoms with E-state index >= 15 is 0 Å². The van der Waals surface area contributed by atoms with Gasteiger partial charge in [0.15, 0.2) is 0 Å². The van der Waals surface area contributed by atoms with Crippen molar-refractivity contribution >= 4 is 5.91 Å². The van der Waals surface area contributed by atoms with Gasteiger partial charge in [-0.05, 0) is 27.2 Å². The Morgan fingerprint density at radius 3 is 2.76 bits per heavy atom. The van der Waals surface area contributed by atoms with Crippen molar-refractivity contribution in [2.24, 2.45) is 0 Å². The van der Waals surface area contributed by atoms with Crippen molar-refractivity contribution in [2.45, 2.75) is 53.1 Å². The minimum atomic E-state index is -0.118. The molecule has 0 aliphatic carbocycles. The van der Waals surface area contributed by atoms with E-state index in [9.17, 15) is 4.79 Å². The van der Waals surface area contributed by atoms with Gasteiger partial charge in [0.1, 0.15) is 12.2 Å². The summed E-state index contributed by atoms with van der Waals surface area (Å²) < 4.78 is 1.81. The fraction of sp³-hybridized carbons (Fsp3) is 0.571. The van der Waals surface area contributed by atoms with Gasteiger partial charge in [0.25, 0.3) is 0 Å². The van der Waals surface area contributed by atoms with Crippen LogP contribution in [0.2, 0.25) is 0 Å². The summed E-state index contributed by atoms with van der Waals surface area (Å²) in [4.78, 5) is 16.5. The normalized spacial score (nSPS) is 12.4. The molecular weight excluding hydrogens is 268 g/mol. The predicted octanol–water partition coefficient (Wildman–Crippen LogP) is 1.45. The monoisotopic (exact) mass is 290 g/mol. The minimum Gasteiger partial charge on any atom is -0.346 e. The van der Waals surface area contributed by atoms with E-state index in [4.69, 9.17) is 0 Å². The lowest BCUT2D eigenvalue weighted by Gasteiger charge is -2.17. The molecule has 114 valence electrons. The molecule has 1 amide bonds. The van der Waals surface area contributed by atoms with Gasteiger partial charge < -0.3 is 5.32 Å². The van der Waals surface area contributed by atoms with Crippen molar-refractivity contribution in [3.63, 3.8) is 0 Å².